The number of hydrogen-bond donors (Lipinski definition) is 1. The van der Waals surface area contributed by atoms with Gasteiger partial charge < -0.3 is 10.1 Å². The zero-order valence-electron chi connectivity index (χ0n) is 15.0. The predicted octanol–water partition coefficient (Wildman–Crippen LogP) is 2.58. The second-order valence-electron chi connectivity index (χ2n) is 5.81. The van der Waals surface area contributed by atoms with E-state index in [-0.39, 0.29) is 17.2 Å². The van der Waals surface area contributed by atoms with Crippen molar-refractivity contribution in [1.29, 1.82) is 0 Å². The first-order valence-corrected chi connectivity index (χ1v) is 9.40. The Labute approximate surface area is 173 Å². The number of nitrogens with zero attached hydrogens (tertiary/aromatic N) is 4. The average Bonchev–Trinajstić information content (AvgIpc) is 3.33. The first-order valence-electron chi connectivity index (χ1n) is 8.14. The average molecular weight is 436 g/mol. The van der Waals surface area contributed by atoms with Crippen molar-refractivity contribution in [3.63, 3.8) is 0 Å². The summed E-state index contributed by atoms with van der Waals surface area (Å²) in [5, 5.41) is 19.7. The Morgan fingerprint density at radius 3 is 2.90 bits per heavy atom. The van der Waals surface area contributed by atoms with E-state index in [1.165, 1.54) is 23.5 Å². The van der Waals surface area contributed by atoms with Crippen LogP contribution in [0.5, 0.6) is 0 Å². The standard InChI is InChI=1S/C17H14ClN5O5S/c1-22-7-11(5-20-22)17-21-12(9-29-17)8-28-15(24)6-19-16(25)10-2-3-13(18)14(4-10)23(26)27/h2-5,7,9H,6,8H2,1H3,(H,19,25). The number of hydrogen-bond acceptors (Lipinski definition) is 8. The van der Waals surface area contributed by atoms with Crippen LogP contribution in [0.1, 0.15) is 16.1 Å². The van der Waals surface area contributed by atoms with Crippen molar-refractivity contribution >= 4 is 40.5 Å². The number of rotatable bonds is 7. The largest absolute Gasteiger partial charge is 0.458 e. The summed E-state index contributed by atoms with van der Waals surface area (Å²) in [5.41, 5.74) is 1.05. The van der Waals surface area contributed by atoms with Gasteiger partial charge in [-0.15, -0.1) is 11.3 Å². The summed E-state index contributed by atoms with van der Waals surface area (Å²) in [6.45, 7) is -0.438. The van der Waals surface area contributed by atoms with Crippen LogP contribution in [0.15, 0.2) is 36.0 Å². The number of carbonyl (C=O) groups excluding carboxylic acids is 2. The van der Waals surface area contributed by atoms with Crippen LogP contribution in [0.2, 0.25) is 5.02 Å². The lowest BCUT2D eigenvalue weighted by atomic mass is 10.2. The van der Waals surface area contributed by atoms with Gasteiger partial charge in [0.1, 0.15) is 23.2 Å². The molecule has 12 heteroatoms. The monoisotopic (exact) mass is 435 g/mol. The number of benzene rings is 1. The maximum absolute atomic E-state index is 12.1. The van der Waals surface area contributed by atoms with Crippen LogP contribution in [0.25, 0.3) is 10.6 Å². The third kappa shape index (κ3) is 5.15. The van der Waals surface area contributed by atoms with Gasteiger partial charge in [-0.1, -0.05) is 11.6 Å². The maximum atomic E-state index is 12.1. The van der Waals surface area contributed by atoms with E-state index in [1.54, 1.807) is 23.3 Å². The van der Waals surface area contributed by atoms with Crippen molar-refractivity contribution < 1.29 is 19.2 Å². The van der Waals surface area contributed by atoms with Gasteiger partial charge in [0, 0.05) is 35.8 Å². The van der Waals surface area contributed by atoms with E-state index in [9.17, 15) is 19.7 Å². The molecule has 0 aliphatic carbocycles. The lowest BCUT2D eigenvalue weighted by Gasteiger charge is -2.06. The molecule has 150 valence electrons. The van der Waals surface area contributed by atoms with Crippen LogP contribution < -0.4 is 5.32 Å². The van der Waals surface area contributed by atoms with Crippen molar-refractivity contribution in [2.24, 2.45) is 7.05 Å². The van der Waals surface area contributed by atoms with Crippen LogP contribution in [0.3, 0.4) is 0 Å². The molecule has 0 aliphatic heterocycles. The van der Waals surface area contributed by atoms with Crippen molar-refractivity contribution in [1.82, 2.24) is 20.1 Å². The van der Waals surface area contributed by atoms with Crippen LogP contribution in [0.4, 0.5) is 5.69 Å². The van der Waals surface area contributed by atoms with Crippen molar-refractivity contribution in [3.8, 4) is 10.6 Å². The number of aromatic nitrogens is 3. The van der Waals surface area contributed by atoms with Gasteiger partial charge in [0.15, 0.2) is 0 Å². The Morgan fingerprint density at radius 2 is 2.21 bits per heavy atom. The first kappa shape index (κ1) is 20.4. The summed E-state index contributed by atoms with van der Waals surface area (Å²) in [6.07, 6.45) is 3.51. The topological polar surface area (TPSA) is 129 Å². The molecule has 0 saturated heterocycles. The molecule has 0 aliphatic rings. The smallest absolute Gasteiger partial charge is 0.325 e. The molecule has 0 radical (unpaired) electrons. The number of halogens is 1. The van der Waals surface area contributed by atoms with E-state index in [2.05, 4.69) is 15.4 Å². The summed E-state index contributed by atoms with van der Waals surface area (Å²) in [5.74, 6) is -1.33. The molecule has 0 atom stereocenters. The van der Waals surface area contributed by atoms with Gasteiger partial charge in [0.2, 0.25) is 0 Å². The number of carbonyl (C=O) groups is 2. The maximum Gasteiger partial charge on any atom is 0.325 e. The van der Waals surface area contributed by atoms with Crippen molar-refractivity contribution in [3.05, 3.63) is 62.4 Å². The molecule has 0 saturated carbocycles. The highest BCUT2D eigenvalue weighted by Gasteiger charge is 2.17. The molecular weight excluding hydrogens is 422 g/mol. The highest BCUT2D eigenvalue weighted by molar-refractivity contribution is 7.13. The third-order valence-corrected chi connectivity index (χ3v) is 4.94. The minimum absolute atomic E-state index is 0.00881. The SMILES string of the molecule is Cn1cc(-c2nc(COC(=O)CNC(=O)c3ccc(Cl)c([N+](=O)[O-])c3)cs2)cn1. The number of esters is 1. The Bertz CT molecular complexity index is 1080. The van der Waals surface area contributed by atoms with E-state index in [0.717, 1.165) is 16.6 Å². The Hall–Kier alpha value is -3.31. The molecule has 10 nitrogen and oxygen atoms in total. The highest BCUT2D eigenvalue weighted by atomic mass is 35.5. The zero-order valence-corrected chi connectivity index (χ0v) is 16.6. The molecule has 29 heavy (non-hydrogen) atoms. The van der Waals surface area contributed by atoms with Crippen molar-refractivity contribution in [2.45, 2.75) is 6.61 Å². The Morgan fingerprint density at radius 1 is 1.41 bits per heavy atom. The van der Waals surface area contributed by atoms with Crippen LogP contribution >= 0.6 is 22.9 Å². The van der Waals surface area contributed by atoms with Gasteiger partial charge >= 0.3 is 5.97 Å². The van der Waals surface area contributed by atoms with Crippen LogP contribution in [0, 0.1) is 10.1 Å². The minimum atomic E-state index is -0.693. The van der Waals surface area contributed by atoms with E-state index in [4.69, 9.17) is 16.3 Å². The van der Waals surface area contributed by atoms with Gasteiger partial charge in [-0.2, -0.15) is 5.10 Å². The first-order chi connectivity index (χ1) is 13.8. The van der Waals surface area contributed by atoms with Gasteiger partial charge in [-0.25, -0.2) is 4.98 Å². The highest BCUT2D eigenvalue weighted by Crippen LogP contribution is 2.25. The molecule has 0 fully saturated rings. The number of nitrogens with one attached hydrogen (secondary N) is 1. The number of nitro groups is 1. The van der Waals surface area contributed by atoms with Gasteiger partial charge in [0.25, 0.3) is 11.6 Å². The second kappa shape index (κ2) is 8.80. The molecular formula is C17H14ClN5O5S. The molecule has 1 amide bonds. The summed E-state index contributed by atoms with van der Waals surface area (Å²) >= 11 is 7.10. The summed E-state index contributed by atoms with van der Waals surface area (Å²) in [7, 11) is 1.80. The molecule has 3 aromatic rings. The lowest BCUT2D eigenvalue weighted by Crippen LogP contribution is -2.30. The molecule has 0 bridgehead atoms. The second-order valence-corrected chi connectivity index (χ2v) is 7.08. The molecule has 2 heterocycles. The number of ether oxygens (including phenoxy) is 1. The Kier molecular flexibility index (Phi) is 6.20. The minimum Gasteiger partial charge on any atom is -0.458 e. The molecule has 1 aromatic carbocycles. The van der Waals surface area contributed by atoms with E-state index in [0.29, 0.717) is 5.69 Å². The fourth-order valence-corrected chi connectivity index (χ4v) is 3.26. The van der Waals surface area contributed by atoms with E-state index in [1.807, 2.05) is 6.20 Å². The fraction of sp³-hybridized carbons (Fsp3) is 0.176. The lowest BCUT2D eigenvalue weighted by molar-refractivity contribution is -0.384. The number of aryl methyl sites for hydroxylation is 1. The van der Waals surface area contributed by atoms with E-state index >= 15 is 0 Å². The normalized spacial score (nSPS) is 10.6. The molecule has 2 aromatic heterocycles. The van der Waals surface area contributed by atoms with E-state index < -0.39 is 29.0 Å². The molecule has 1 N–H and O–H groups in total. The van der Waals surface area contributed by atoms with Crippen LogP contribution in [-0.4, -0.2) is 38.1 Å². The predicted molar refractivity (Wildman–Crippen MR) is 105 cm³/mol. The van der Waals surface area contributed by atoms with Gasteiger partial charge in [-0.3, -0.25) is 24.4 Å². The Balaban J connectivity index is 1.50. The summed E-state index contributed by atoms with van der Waals surface area (Å²) in [6, 6.07) is 3.61. The third-order valence-electron chi connectivity index (χ3n) is 3.68. The molecule has 0 unspecified atom stereocenters. The summed E-state index contributed by atoms with van der Waals surface area (Å²) in [4.78, 5) is 38.5. The number of nitro benzene ring substituents is 1. The van der Waals surface area contributed by atoms with Gasteiger partial charge in [-0.05, 0) is 12.1 Å². The van der Waals surface area contributed by atoms with Crippen molar-refractivity contribution in [2.75, 3.05) is 6.54 Å². The van der Waals surface area contributed by atoms with Gasteiger partial charge in [0.05, 0.1) is 16.8 Å². The quantitative estimate of drug-likeness (QED) is 0.343. The summed E-state index contributed by atoms with van der Waals surface area (Å²) < 4.78 is 6.75. The number of amides is 1. The fourth-order valence-electron chi connectivity index (χ4n) is 2.29. The zero-order chi connectivity index (χ0) is 21.0. The number of thiazole rings is 1. The molecule has 0 spiro atoms. The van der Waals surface area contributed by atoms with Crippen LogP contribution in [-0.2, 0) is 23.2 Å². The molecule has 3 rings (SSSR count).